The Balaban J connectivity index is 2.36. The molecule has 6 heteroatoms. The fourth-order valence-electron chi connectivity index (χ4n) is 1.80. The van der Waals surface area contributed by atoms with Gasteiger partial charge in [0.25, 0.3) is 0 Å². The molecule has 1 heterocycles. The minimum atomic E-state index is -0.500. The summed E-state index contributed by atoms with van der Waals surface area (Å²) in [6, 6.07) is -0.643. The van der Waals surface area contributed by atoms with E-state index in [1.807, 2.05) is 6.92 Å². The van der Waals surface area contributed by atoms with Gasteiger partial charge in [-0.1, -0.05) is 6.92 Å². The van der Waals surface area contributed by atoms with E-state index in [0.29, 0.717) is 26.3 Å². The van der Waals surface area contributed by atoms with Crippen LogP contribution in [0.25, 0.3) is 0 Å². The van der Waals surface area contributed by atoms with Crippen LogP contribution in [0.2, 0.25) is 0 Å². The van der Waals surface area contributed by atoms with Crippen molar-refractivity contribution in [2.75, 3.05) is 26.3 Å². The summed E-state index contributed by atoms with van der Waals surface area (Å²) in [5.74, 6) is -0.227. The van der Waals surface area contributed by atoms with Gasteiger partial charge in [-0.05, 0) is 13.3 Å². The summed E-state index contributed by atoms with van der Waals surface area (Å²) in [5.41, 5.74) is 5.70. The molecule has 1 aliphatic rings. The van der Waals surface area contributed by atoms with Crippen LogP contribution in [0.1, 0.15) is 26.7 Å². The Morgan fingerprint density at radius 3 is 2.56 bits per heavy atom. The molecule has 0 saturated carbocycles. The van der Waals surface area contributed by atoms with Gasteiger partial charge in [0.15, 0.2) is 0 Å². The molecule has 1 aliphatic heterocycles. The average molecular weight is 257 g/mol. The van der Waals surface area contributed by atoms with Crippen molar-refractivity contribution < 1.29 is 14.3 Å². The Labute approximate surface area is 108 Å². The Hall–Kier alpha value is -1.14. The van der Waals surface area contributed by atoms with Crippen molar-refractivity contribution in [3.8, 4) is 0 Å². The third-order valence-electron chi connectivity index (χ3n) is 3.04. The van der Waals surface area contributed by atoms with Gasteiger partial charge in [-0.2, -0.15) is 0 Å². The molecule has 104 valence electrons. The normalized spacial score (nSPS) is 19.2. The molecule has 0 aromatic rings. The number of rotatable bonds is 5. The molecule has 3 N–H and O–H groups in total. The number of nitrogens with two attached hydrogens (primary N) is 1. The molecule has 2 amide bonds. The second-order valence-corrected chi connectivity index (χ2v) is 4.60. The van der Waals surface area contributed by atoms with Crippen molar-refractivity contribution in [3.63, 3.8) is 0 Å². The Kier molecular flexibility index (Phi) is 6.07. The third-order valence-corrected chi connectivity index (χ3v) is 3.04. The van der Waals surface area contributed by atoms with Crippen LogP contribution in [-0.2, 0) is 14.3 Å². The van der Waals surface area contributed by atoms with E-state index in [0.717, 1.165) is 6.42 Å². The van der Waals surface area contributed by atoms with Crippen LogP contribution < -0.4 is 11.1 Å². The fourth-order valence-corrected chi connectivity index (χ4v) is 1.80. The van der Waals surface area contributed by atoms with E-state index < -0.39 is 6.04 Å². The van der Waals surface area contributed by atoms with Gasteiger partial charge in [-0.25, -0.2) is 0 Å². The van der Waals surface area contributed by atoms with Crippen molar-refractivity contribution in [1.82, 2.24) is 10.2 Å². The number of hydrogen-bond acceptors (Lipinski definition) is 4. The summed E-state index contributed by atoms with van der Waals surface area (Å²) in [6.45, 7) is 5.94. The molecule has 6 nitrogen and oxygen atoms in total. The highest BCUT2D eigenvalue weighted by Crippen LogP contribution is 2.01. The summed E-state index contributed by atoms with van der Waals surface area (Å²) >= 11 is 0. The lowest BCUT2D eigenvalue weighted by Gasteiger charge is -2.29. The number of nitrogens with zero attached hydrogens (tertiary/aromatic N) is 1. The zero-order valence-electron chi connectivity index (χ0n) is 11.1. The van der Waals surface area contributed by atoms with E-state index >= 15 is 0 Å². The minimum absolute atomic E-state index is 0.0586. The first kappa shape index (κ1) is 14.9. The molecule has 0 spiro atoms. The predicted octanol–water partition coefficient (Wildman–Crippen LogP) is -0.523. The maximum absolute atomic E-state index is 12.0. The van der Waals surface area contributed by atoms with Gasteiger partial charge in [0.05, 0.1) is 13.2 Å². The van der Waals surface area contributed by atoms with Gasteiger partial charge >= 0.3 is 0 Å². The Bertz CT molecular complexity index is 290. The van der Waals surface area contributed by atoms with Crippen LogP contribution in [0.3, 0.4) is 0 Å². The van der Waals surface area contributed by atoms with E-state index in [4.69, 9.17) is 10.5 Å². The predicted molar refractivity (Wildman–Crippen MR) is 67.9 cm³/mol. The molecular formula is C12H23N3O3. The average Bonchev–Trinajstić information content (AvgIpc) is 2.38. The van der Waals surface area contributed by atoms with Crippen LogP contribution in [-0.4, -0.2) is 55.1 Å². The molecule has 0 aromatic heterocycles. The molecule has 2 unspecified atom stereocenters. The smallest absolute Gasteiger partial charge is 0.245 e. The van der Waals surface area contributed by atoms with Crippen LogP contribution in [0.4, 0.5) is 0 Å². The van der Waals surface area contributed by atoms with E-state index in [1.165, 1.54) is 0 Å². The second-order valence-electron chi connectivity index (χ2n) is 4.60. The maximum Gasteiger partial charge on any atom is 0.245 e. The molecule has 18 heavy (non-hydrogen) atoms. The number of ether oxygens (including phenoxy) is 1. The van der Waals surface area contributed by atoms with Crippen LogP contribution >= 0.6 is 0 Å². The molecule has 2 atom stereocenters. The van der Waals surface area contributed by atoms with Crippen molar-refractivity contribution in [2.45, 2.75) is 38.8 Å². The first-order valence-corrected chi connectivity index (χ1v) is 6.46. The van der Waals surface area contributed by atoms with Crippen molar-refractivity contribution >= 4 is 11.8 Å². The minimum Gasteiger partial charge on any atom is -0.378 e. The van der Waals surface area contributed by atoms with Gasteiger partial charge in [0.2, 0.25) is 11.8 Å². The molecular weight excluding hydrogens is 234 g/mol. The van der Waals surface area contributed by atoms with Crippen molar-refractivity contribution in [2.24, 2.45) is 5.73 Å². The highest BCUT2D eigenvalue weighted by molar-refractivity contribution is 5.87. The number of carbonyl (C=O) groups excluding carboxylic acids is 2. The highest BCUT2D eigenvalue weighted by Gasteiger charge is 2.23. The lowest BCUT2D eigenvalue weighted by molar-refractivity contribution is -0.139. The van der Waals surface area contributed by atoms with Crippen molar-refractivity contribution in [1.29, 1.82) is 0 Å². The Morgan fingerprint density at radius 2 is 2.00 bits per heavy atom. The number of morpholine rings is 1. The summed E-state index contributed by atoms with van der Waals surface area (Å²) in [7, 11) is 0. The zero-order valence-corrected chi connectivity index (χ0v) is 11.1. The van der Waals surface area contributed by atoms with Crippen LogP contribution in [0, 0.1) is 0 Å². The van der Waals surface area contributed by atoms with Crippen molar-refractivity contribution in [3.05, 3.63) is 0 Å². The summed E-state index contributed by atoms with van der Waals surface area (Å²) in [4.78, 5) is 25.4. The topological polar surface area (TPSA) is 84.7 Å². The third kappa shape index (κ3) is 4.62. The van der Waals surface area contributed by atoms with Gasteiger partial charge in [0.1, 0.15) is 6.04 Å². The van der Waals surface area contributed by atoms with E-state index in [-0.39, 0.29) is 24.3 Å². The quantitative estimate of drug-likeness (QED) is 0.694. The van der Waals surface area contributed by atoms with Crippen LogP contribution in [0.15, 0.2) is 0 Å². The number of carbonyl (C=O) groups is 2. The standard InChI is InChI=1S/C12H23N3O3/c1-3-10(13)8-11(16)14-9(2)12(17)15-4-6-18-7-5-15/h9-10H,3-8,13H2,1-2H3,(H,14,16). The molecule has 0 bridgehead atoms. The fraction of sp³-hybridized carbons (Fsp3) is 0.833. The van der Waals surface area contributed by atoms with Crippen LogP contribution in [0.5, 0.6) is 0 Å². The maximum atomic E-state index is 12.0. The summed E-state index contributed by atoms with van der Waals surface area (Å²) in [6.07, 6.45) is 1.01. The van der Waals surface area contributed by atoms with E-state index in [1.54, 1.807) is 11.8 Å². The van der Waals surface area contributed by atoms with Gasteiger partial charge < -0.3 is 20.7 Å². The molecule has 1 fully saturated rings. The first-order chi connectivity index (χ1) is 8.54. The summed E-state index contributed by atoms with van der Waals surface area (Å²) < 4.78 is 5.18. The highest BCUT2D eigenvalue weighted by atomic mass is 16.5. The lowest BCUT2D eigenvalue weighted by Crippen LogP contribution is -2.51. The molecule has 0 aromatic carbocycles. The monoisotopic (exact) mass is 257 g/mol. The molecule has 1 rings (SSSR count). The van der Waals surface area contributed by atoms with E-state index in [2.05, 4.69) is 5.32 Å². The van der Waals surface area contributed by atoms with Gasteiger partial charge in [-0.3, -0.25) is 9.59 Å². The SMILES string of the molecule is CCC(N)CC(=O)NC(C)C(=O)N1CCOCC1. The summed E-state index contributed by atoms with van der Waals surface area (Å²) in [5, 5.41) is 2.69. The zero-order chi connectivity index (χ0) is 13.5. The Morgan fingerprint density at radius 1 is 1.39 bits per heavy atom. The largest absolute Gasteiger partial charge is 0.378 e. The number of amides is 2. The van der Waals surface area contributed by atoms with E-state index in [9.17, 15) is 9.59 Å². The van der Waals surface area contributed by atoms with Gasteiger partial charge in [-0.15, -0.1) is 0 Å². The second kappa shape index (κ2) is 7.33. The first-order valence-electron chi connectivity index (χ1n) is 6.46. The molecule has 0 aliphatic carbocycles. The van der Waals surface area contributed by atoms with Gasteiger partial charge in [0, 0.05) is 25.6 Å². The molecule has 1 saturated heterocycles. The number of nitrogens with one attached hydrogen (secondary N) is 1. The molecule has 0 radical (unpaired) electrons. The number of hydrogen-bond donors (Lipinski definition) is 2. The lowest BCUT2D eigenvalue weighted by atomic mass is 10.1.